The number of benzene rings is 1. The SMILES string of the molecule is CCc1ccc(CNC2CCCc3sc(Cl)cc32)cc1. The van der Waals surface area contributed by atoms with Crippen molar-refractivity contribution in [3.8, 4) is 0 Å². The lowest BCUT2D eigenvalue weighted by Crippen LogP contribution is -2.23. The fourth-order valence-corrected chi connectivity index (χ4v) is 4.25. The molecule has 1 atom stereocenters. The molecule has 0 spiro atoms. The number of halogens is 1. The van der Waals surface area contributed by atoms with E-state index in [-0.39, 0.29) is 0 Å². The summed E-state index contributed by atoms with van der Waals surface area (Å²) < 4.78 is 0.927. The summed E-state index contributed by atoms with van der Waals surface area (Å²) in [5, 5.41) is 3.69. The van der Waals surface area contributed by atoms with Gasteiger partial charge in [0.05, 0.1) is 4.34 Å². The summed E-state index contributed by atoms with van der Waals surface area (Å²) in [5.74, 6) is 0. The van der Waals surface area contributed by atoms with Crippen LogP contribution in [-0.4, -0.2) is 0 Å². The highest BCUT2D eigenvalue weighted by Gasteiger charge is 2.22. The van der Waals surface area contributed by atoms with Crippen LogP contribution < -0.4 is 5.32 Å². The second kappa shape index (κ2) is 6.30. The molecule has 1 aromatic heterocycles. The minimum Gasteiger partial charge on any atom is -0.306 e. The quantitative estimate of drug-likeness (QED) is 0.825. The van der Waals surface area contributed by atoms with E-state index in [9.17, 15) is 0 Å². The van der Waals surface area contributed by atoms with Gasteiger partial charge in [-0.2, -0.15) is 0 Å². The number of hydrogen-bond acceptors (Lipinski definition) is 2. The van der Waals surface area contributed by atoms with Crippen molar-refractivity contribution in [3.63, 3.8) is 0 Å². The number of aryl methyl sites for hydroxylation is 2. The van der Waals surface area contributed by atoms with Crippen molar-refractivity contribution >= 4 is 22.9 Å². The maximum absolute atomic E-state index is 6.16. The van der Waals surface area contributed by atoms with Crippen molar-refractivity contribution < 1.29 is 0 Å². The van der Waals surface area contributed by atoms with Crippen LogP contribution in [0.1, 0.15) is 47.4 Å². The van der Waals surface area contributed by atoms with E-state index >= 15 is 0 Å². The van der Waals surface area contributed by atoms with Gasteiger partial charge in [-0.3, -0.25) is 0 Å². The molecule has 3 rings (SSSR count). The molecule has 3 heteroatoms. The number of fused-ring (bicyclic) bond motifs is 1. The van der Waals surface area contributed by atoms with Crippen LogP contribution in [0, 0.1) is 0 Å². The van der Waals surface area contributed by atoms with Crippen LogP contribution in [0.15, 0.2) is 30.3 Å². The molecule has 0 bridgehead atoms. The van der Waals surface area contributed by atoms with Crippen LogP contribution in [0.3, 0.4) is 0 Å². The Morgan fingerprint density at radius 2 is 2.00 bits per heavy atom. The van der Waals surface area contributed by atoms with E-state index in [0.29, 0.717) is 6.04 Å². The van der Waals surface area contributed by atoms with Gasteiger partial charge in [0, 0.05) is 17.5 Å². The van der Waals surface area contributed by atoms with Gasteiger partial charge in [-0.05, 0) is 48.4 Å². The van der Waals surface area contributed by atoms with Crippen molar-refractivity contribution in [1.82, 2.24) is 5.32 Å². The maximum Gasteiger partial charge on any atom is 0.0934 e. The molecule has 0 radical (unpaired) electrons. The molecule has 0 saturated carbocycles. The average Bonchev–Trinajstić information content (AvgIpc) is 2.86. The predicted molar refractivity (Wildman–Crippen MR) is 87.7 cm³/mol. The summed E-state index contributed by atoms with van der Waals surface area (Å²) in [7, 11) is 0. The molecule has 1 aromatic carbocycles. The predicted octanol–water partition coefficient (Wildman–Crippen LogP) is 5.13. The second-order valence-electron chi connectivity index (χ2n) is 5.42. The van der Waals surface area contributed by atoms with Crippen LogP contribution in [0.25, 0.3) is 0 Å². The molecule has 1 heterocycles. The van der Waals surface area contributed by atoms with Crippen molar-refractivity contribution in [1.29, 1.82) is 0 Å². The van der Waals surface area contributed by atoms with Gasteiger partial charge in [0.1, 0.15) is 0 Å². The maximum atomic E-state index is 6.16. The smallest absolute Gasteiger partial charge is 0.0934 e. The number of rotatable bonds is 4. The molecule has 2 aromatic rings. The fourth-order valence-electron chi connectivity index (χ4n) is 2.87. The normalized spacial score (nSPS) is 18.0. The zero-order valence-corrected chi connectivity index (χ0v) is 13.4. The van der Waals surface area contributed by atoms with Crippen LogP contribution in [0.5, 0.6) is 0 Å². The topological polar surface area (TPSA) is 12.0 Å². The monoisotopic (exact) mass is 305 g/mol. The van der Waals surface area contributed by atoms with Gasteiger partial charge in [-0.1, -0.05) is 42.8 Å². The number of hydrogen-bond donors (Lipinski definition) is 1. The molecule has 1 aliphatic rings. The lowest BCUT2D eigenvalue weighted by atomic mass is 9.94. The second-order valence-corrected chi connectivity index (χ2v) is 7.19. The largest absolute Gasteiger partial charge is 0.306 e. The first-order chi connectivity index (χ1) is 9.76. The van der Waals surface area contributed by atoms with Crippen molar-refractivity contribution in [2.45, 2.75) is 45.2 Å². The van der Waals surface area contributed by atoms with Gasteiger partial charge in [0.25, 0.3) is 0 Å². The Balaban J connectivity index is 1.66. The highest BCUT2D eigenvalue weighted by Crippen LogP contribution is 2.37. The van der Waals surface area contributed by atoms with Gasteiger partial charge in [-0.25, -0.2) is 0 Å². The van der Waals surface area contributed by atoms with E-state index in [2.05, 4.69) is 42.6 Å². The fraction of sp³-hybridized carbons (Fsp3) is 0.412. The Labute approximate surface area is 130 Å². The summed E-state index contributed by atoms with van der Waals surface area (Å²) in [6.07, 6.45) is 4.77. The van der Waals surface area contributed by atoms with E-state index in [1.165, 1.54) is 40.8 Å². The van der Waals surface area contributed by atoms with Gasteiger partial charge in [-0.15, -0.1) is 11.3 Å². The zero-order valence-electron chi connectivity index (χ0n) is 11.8. The summed E-state index contributed by atoms with van der Waals surface area (Å²) in [5.41, 5.74) is 4.19. The molecule has 1 N–H and O–H groups in total. The van der Waals surface area contributed by atoms with Crippen molar-refractivity contribution in [2.75, 3.05) is 0 Å². The van der Waals surface area contributed by atoms with E-state index in [1.807, 2.05) is 0 Å². The first kappa shape index (κ1) is 14.1. The number of nitrogens with one attached hydrogen (secondary N) is 1. The molecular weight excluding hydrogens is 286 g/mol. The third-order valence-corrected chi connectivity index (χ3v) is 5.41. The molecule has 1 aliphatic carbocycles. The Bertz CT molecular complexity index is 573. The van der Waals surface area contributed by atoms with E-state index in [1.54, 1.807) is 11.3 Å². The molecule has 20 heavy (non-hydrogen) atoms. The molecule has 0 aliphatic heterocycles. The summed E-state index contributed by atoms with van der Waals surface area (Å²) in [4.78, 5) is 1.47. The standard InChI is InChI=1S/C17H20ClNS/c1-2-12-6-8-13(9-7-12)11-19-15-4-3-5-16-14(15)10-17(18)20-16/h6-10,15,19H,2-5,11H2,1H3. The van der Waals surface area contributed by atoms with Crippen molar-refractivity contribution in [3.05, 3.63) is 56.2 Å². The van der Waals surface area contributed by atoms with Crippen LogP contribution in [-0.2, 0) is 19.4 Å². The number of thiophene rings is 1. The molecule has 1 unspecified atom stereocenters. The summed E-state index contributed by atoms with van der Waals surface area (Å²) in [6, 6.07) is 11.5. The summed E-state index contributed by atoms with van der Waals surface area (Å²) in [6.45, 7) is 3.12. The third kappa shape index (κ3) is 3.08. The Kier molecular flexibility index (Phi) is 4.45. The molecule has 1 nitrogen and oxygen atoms in total. The minimum atomic E-state index is 0.466. The van der Waals surface area contributed by atoms with Crippen LogP contribution in [0.2, 0.25) is 4.34 Å². The van der Waals surface area contributed by atoms with E-state index in [4.69, 9.17) is 11.6 Å². The highest BCUT2D eigenvalue weighted by atomic mass is 35.5. The Hall–Kier alpha value is -0.830. The third-order valence-electron chi connectivity index (χ3n) is 4.07. The minimum absolute atomic E-state index is 0.466. The van der Waals surface area contributed by atoms with Crippen LogP contribution in [0.4, 0.5) is 0 Å². The van der Waals surface area contributed by atoms with Crippen LogP contribution >= 0.6 is 22.9 Å². The molecule has 106 valence electrons. The highest BCUT2D eigenvalue weighted by molar-refractivity contribution is 7.16. The Morgan fingerprint density at radius 3 is 2.75 bits per heavy atom. The van der Waals surface area contributed by atoms with Gasteiger partial charge in [0.15, 0.2) is 0 Å². The molecule has 0 saturated heterocycles. The Morgan fingerprint density at radius 1 is 1.25 bits per heavy atom. The van der Waals surface area contributed by atoms with Gasteiger partial charge >= 0.3 is 0 Å². The lowest BCUT2D eigenvalue weighted by Gasteiger charge is -2.23. The van der Waals surface area contributed by atoms with Gasteiger partial charge < -0.3 is 5.32 Å². The van der Waals surface area contributed by atoms with Crippen molar-refractivity contribution in [2.24, 2.45) is 0 Å². The summed E-state index contributed by atoms with van der Waals surface area (Å²) >= 11 is 7.90. The molecule has 0 fully saturated rings. The van der Waals surface area contributed by atoms with E-state index in [0.717, 1.165) is 17.3 Å². The average molecular weight is 306 g/mol. The van der Waals surface area contributed by atoms with E-state index < -0.39 is 0 Å². The first-order valence-electron chi connectivity index (χ1n) is 7.35. The molecule has 0 amide bonds. The zero-order chi connectivity index (χ0) is 13.9. The molecular formula is C17H20ClNS. The lowest BCUT2D eigenvalue weighted by molar-refractivity contribution is 0.463. The van der Waals surface area contributed by atoms with Gasteiger partial charge in [0.2, 0.25) is 0 Å². The first-order valence-corrected chi connectivity index (χ1v) is 8.55.